The molecular weight excluding hydrogens is 334 g/mol. The number of benzene rings is 1. The summed E-state index contributed by atoms with van der Waals surface area (Å²) < 4.78 is 39.1. The average molecular weight is 355 g/mol. The quantitative estimate of drug-likeness (QED) is 0.824. The van der Waals surface area contributed by atoms with Crippen molar-refractivity contribution in [3.05, 3.63) is 23.8 Å². The van der Waals surface area contributed by atoms with Crippen LogP contribution < -0.4 is 19.5 Å². The Kier molecular flexibility index (Phi) is 4.41. The standard InChI is InChI=1S/C15H21N3O5S/c1-9(2)16-15(19)12-7-11(17-24(20,21)18(12)3)10-4-5-13-14(6-10)23-8-22-13/h4-6,9,11-12,17H,7-8H2,1-3H3,(H,16,19). The molecule has 132 valence electrons. The van der Waals surface area contributed by atoms with E-state index in [0.29, 0.717) is 17.9 Å². The third-order valence-corrected chi connectivity index (χ3v) is 5.70. The Hall–Kier alpha value is -1.84. The Balaban J connectivity index is 1.88. The van der Waals surface area contributed by atoms with Crippen molar-refractivity contribution in [3.63, 3.8) is 0 Å². The van der Waals surface area contributed by atoms with E-state index in [0.717, 1.165) is 9.87 Å². The first-order valence-electron chi connectivity index (χ1n) is 7.73. The Morgan fingerprint density at radius 3 is 2.75 bits per heavy atom. The molecule has 2 aliphatic rings. The van der Waals surface area contributed by atoms with Gasteiger partial charge in [-0.1, -0.05) is 6.07 Å². The van der Waals surface area contributed by atoms with Crippen molar-refractivity contribution in [3.8, 4) is 11.5 Å². The van der Waals surface area contributed by atoms with Gasteiger partial charge in [0.2, 0.25) is 12.7 Å². The van der Waals surface area contributed by atoms with Crippen LogP contribution in [0.5, 0.6) is 11.5 Å². The summed E-state index contributed by atoms with van der Waals surface area (Å²) in [6.45, 7) is 3.82. The van der Waals surface area contributed by atoms with Crippen LogP contribution in [0.1, 0.15) is 31.9 Å². The zero-order chi connectivity index (χ0) is 17.5. The highest BCUT2D eigenvalue weighted by Gasteiger charge is 2.41. The second-order valence-electron chi connectivity index (χ2n) is 6.22. The number of hydrogen-bond acceptors (Lipinski definition) is 5. The number of hydrogen-bond donors (Lipinski definition) is 2. The monoisotopic (exact) mass is 355 g/mol. The lowest BCUT2D eigenvalue weighted by Crippen LogP contribution is -2.57. The Bertz CT molecular complexity index is 749. The fourth-order valence-corrected chi connectivity index (χ4v) is 4.11. The molecular formula is C15H21N3O5S. The van der Waals surface area contributed by atoms with Gasteiger partial charge in [0.05, 0.1) is 6.04 Å². The smallest absolute Gasteiger partial charge is 0.280 e. The van der Waals surface area contributed by atoms with Crippen LogP contribution in [0.2, 0.25) is 0 Å². The number of amides is 1. The summed E-state index contributed by atoms with van der Waals surface area (Å²) >= 11 is 0. The SMILES string of the molecule is CC(C)NC(=O)C1CC(c2ccc3c(c2)OCO3)NS(=O)(=O)N1C. The lowest BCUT2D eigenvalue weighted by molar-refractivity contribution is -0.125. The summed E-state index contributed by atoms with van der Waals surface area (Å²) in [5, 5.41) is 2.78. The van der Waals surface area contributed by atoms with Crippen molar-refractivity contribution in [1.82, 2.24) is 14.3 Å². The van der Waals surface area contributed by atoms with Gasteiger partial charge in [0.25, 0.3) is 10.2 Å². The number of fused-ring (bicyclic) bond motifs is 1. The Labute approximate surface area is 141 Å². The van der Waals surface area contributed by atoms with Gasteiger partial charge in [-0.15, -0.1) is 0 Å². The molecule has 0 aliphatic carbocycles. The van der Waals surface area contributed by atoms with Crippen LogP contribution in [0, 0.1) is 0 Å². The number of nitrogens with zero attached hydrogens (tertiary/aromatic N) is 1. The zero-order valence-corrected chi connectivity index (χ0v) is 14.6. The minimum atomic E-state index is -3.75. The van der Waals surface area contributed by atoms with Crippen LogP contribution in [0.4, 0.5) is 0 Å². The molecule has 2 aliphatic heterocycles. The molecule has 0 spiro atoms. The molecule has 0 radical (unpaired) electrons. The Morgan fingerprint density at radius 1 is 1.33 bits per heavy atom. The lowest BCUT2D eigenvalue weighted by atomic mass is 9.99. The number of likely N-dealkylation sites (N-methyl/N-ethyl adjacent to an activating group) is 1. The lowest BCUT2D eigenvalue weighted by Gasteiger charge is -2.36. The Morgan fingerprint density at radius 2 is 2.04 bits per heavy atom. The molecule has 1 aromatic carbocycles. The summed E-state index contributed by atoms with van der Waals surface area (Å²) in [4.78, 5) is 12.4. The molecule has 9 heteroatoms. The zero-order valence-electron chi connectivity index (χ0n) is 13.8. The second-order valence-corrected chi connectivity index (χ2v) is 7.98. The van der Waals surface area contributed by atoms with Gasteiger partial charge in [-0.25, -0.2) is 0 Å². The second kappa shape index (κ2) is 6.23. The minimum Gasteiger partial charge on any atom is -0.454 e. The van der Waals surface area contributed by atoms with E-state index in [2.05, 4.69) is 10.0 Å². The summed E-state index contributed by atoms with van der Waals surface area (Å²) in [6, 6.07) is 3.93. The first-order valence-corrected chi connectivity index (χ1v) is 9.17. The van der Waals surface area contributed by atoms with Crippen LogP contribution in [0.3, 0.4) is 0 Å². The third-order valence-electron chi connectivity index (χ3n) is 4.10. The van der Waals surface area contributed by atoms with Gasteiger partial charge >= 0.3 is 0 Å². The number of rotatable bonds is 3. The first kappa shape index (κ1) is 17.0. The van der Waals surface area contributed by atoms with E-state index in [4.69, 9.17) is 9.47 Å². The van der Waals surface area contributed by atoms with Gasteiger partial charge in [0, 0.05) is 13.1 Å². The molecule has 2 heterocycles. The topological polar surface area (TPSA) is 97.0 Å². The fraction of sp³-hybridized carbons (Fsp3) is 0.533. The molecule has 8 nitrogen and oxygen atoms in total. The van der Waals surface area contributed by atoms with Crippen molar-refractivity contribution >= 4 is 16.1 Å². The highest BCUT2D eigenvalue weighted by atomic mass is 32.2. The van der Waals surface area contributed by atoms with Crippen LogP contribution in [0.15, 0.2) is 18.2 Å². The fourth-order valence-electron chi connectivity index (χ4n) is 2.84. The molecule has 0 aromatic heterocycles. The molecule has 3 rings (SSSR count). The molecule has 2 atom stereocenters. The molecule has 1 saturated heterocycles. The predicted molar refractivity (Wildman–Crippen MR) is 86.8 cm³/mol. The van der Waals surface area contributed by atoms with E-state index >= 15 is 0 Å². The van der Waals surface area contributed by atoms with Crippen LogP contribution in [0.25, 0.3) is 0 Å². The maximum atomic E-state index is 12.4. The highest BCUT2D eigenvalue weighted by molar-refractivity contribution is 7.87. The molecule has 24 heavy (non-hydrogen) atoms. The van der Waals surface area contributed by atoms with Crippen LogP contribution >= 0.6 is 0 Å². The molecule has 2 N–H and O–H groups in total. The number of carbonyl (C=O) groups is 1. The van der Waals surface area contributed by atoms with Crippen LogP contribution in [-0.4, -0.2) is 44.6 Å². The van der Waals surface area contributed by atoms with E-state index in [9.17, 15) is 13.2 Å². The van der Waals surface area contributed by atoms with Gasteiger partial charge in [0.15, 0.2) is 11.5 Å². The van der Waals surface area contributed by atoms with Crippen molar-refractivity contribution < 1.29 is 22.7 Å². The van der Waals surface area contributed by atoms with Crippen molar-refractivity contribution in [2.75, 3.05) is 13.8 Å². The van der Waals surface area contributed by atoms with Gasteiger partial charge < -0.3 is 14.8 Å². The molecule has 0 bridgehead atoms. The normalized spacial score (nSPS) is 25.7. The highest BCUT2D eigenvalue weighted by Crippen LogP contribution is 2.36. The summed E-state index contributed by atoms with van der Waals surface area (Å²) in [7, 11) is -2.35. The maximum absolute atomic E-state index is 12.4. The minimum absolute atomic E-state index is 0.0625. The number of ether oxygens (including phenoxy) is 2. The van der Waals surface area contributed by atoms with Crippen molar-refractivity contribution in [1.29, 1.82) is 0 Å². The predicted octanol–water partition coefficient (Wildman–Crippen LogP) is 0.520. The molecule has 1 fully saturated rings. The van der Waals surface area contributed by atoms with E-state index in [1.54, 1.807) is 18.2 Å². The summed E-state index contributed by atoms with van der Waals surface area (Å²) in [5.41, 5.74) is 0.735. The van der Waals surface area contributed by atoms with E-state index in [1.807, 2.05) is 13.8 Å². The number of carbonyl (C=O) groups excluding carboxylic acids is 1. The van der Waals surface area contributed by atoms with Crippen molar-refractivity contribution in [2.45, 2.75) is 38.4 Å². The summed E-state index contributed by atoms with van der Waals surface area (Å²) in [5.74, 6) is 0.903. The van der Waals surface area contributed by atoms with Gasteiger partial charge in [-0.3, -0.25) is 4.79 Å². The van der Waals surface area contributed by atoms with Gasteiger partial charge in [0.1, 0.15) is 6.04 Å². The molecule has 0 saturated carbocycles. The van der Waals surface area contributed by atoms with Crippen molar-refractivity contribution in [2.24, 2.45) is 0 Å². The van der Waals surface area contributed by atoms with E-state index < -0.39 is 22.3 Å². The van der Waals surface area contributed by atoms with E-state index in [1.165, 1.54) is 7.05 Å². The van der Waals surface area contributed by atoms with Crippen LogP contribution in [-0.2, 0) is 15.0 Å². The molecule has 1 amide bonds. The average Bonchev–Trinajstić information content (AvgIpc) is 2.96. The number of nitrogens with one attached hydrogen (secondary N) is 2. The maximum Gasteiger partial charge on any atom is 0.280 e. The van der Waals surface area contributed by atoms with E-state index in [-0.39, 0.29) is 18.7 Å². The molecule has 2 unspecified atom stereocenters. The first-order chi connectivity index (χ1) is 11.3. The van der Waals surface area contributed by atoms with Gasteiger partial charge in [-0.2, -0.15) is 17.4 Å². The third kappa shape index (κ3) is 3.19. The largest absolute Gasteiger partial charge is 0.454 e. The summed E-state index contributed by atoms with van der Waals surface area (Å²) in [6.07, 6.45) is 0.327. The van der Waals surface area contributed by atoms with Gasteiger partial charge in [-0.05, 0) is 38.0 Å². The molecule has 1 aromatic rings.